The monoisotopic (exact) mass is 294 g/mol. The van der Waals surface area contributed by atoms with Crippen molar-refractivity contribution in [2.45, 2.75) is 25.0 Å². The number of nitrogens with one attached hydrogen (secondary N) is 1. The number of nitro groups is 1. The maximum absolute atomic E-state index is 10.9. The fourth-order valence-corrected chi connectivity index (χ4v) is 2.39. The van der Waals surface area contributed by atoms with Gasteiger partial charge >= 0.3 is 5.69 Å². The third-order valence-electron chi connectivity index (χ3n) is 3.84. The van der Waals surface area contributed by atoms with Crippen molar-refractivity contribution < 1.29 is 19.4 Å². The molecule has 0 spiro atoms. The fourth-order valence-electron chi connectivity index (χ4n) is 2.39. The first kappa shape index (κ1) is 13.7. The number of anilines is 1. The molecule has 0 radical (unpaired) electrons. The van der Waals surface area contributed by atoms with Crippen LogP contribution in [0, 0.1) is 10.1 Å². The van der Waals surface area contributed by atoms with Gasteiger partial charge in [-0.1, -0.05) is 0 Å². The summed E-state index contributed by atoms with van der Waals surface area (Å²) in [6.45, 7) is 2.55. The summed E-state index contributed by atoms with van der Waals surface area (Å²) in [6.07, 6.45) is 0.239. The van der Waals surface area contributed by atoms with Gasteiger partial charge in [0.1, 0.15) is 5.60 Å². The number of aliphatic hydroxyl groups is 1. The summed E-state index contributed by atoms with van der Waals surface area (Å²) in [6, 6.07) is 2.85. The maximum Gasteiger partial charge on any atom is 0.300 e. The van der Waals surface area contributed by atoms with E-state index < -0.39 is 10.5 Å². The molecule has 2 unspecified atom stereocenters. The molecule has 3 rings (SSSR count). The highest BCUT2D eigenvalue weighted by Gasteiger charge is 2.39. The minimum atomic E-state index is -0.981. The van der Waals surface area contributed by atoms with Crippen LogP contribution in [-0.4, -0.2) is 45.2 Å². The molecule has 1 saturated heterocycles. The number of hydrogen-bond donors (Lipinski definition) is 2. The van der Waals surface area contributed by atoms with E-state index in [0.29, 0.717) is 18.7 Å². The molecule has 1 aliphatic heterocycles. The van der Waals surface area contributed by atoms with Crippen molar-refractivity contribution in [1.82, 2.24) is 10.3 Å². The lowest BCUT2D eigenvalue weighted by molar-refractivity contribution is -0.383. The zero-order valence-electron chi connectivity index (χ0n) is 11.3. The Labute approximate surface area is 119 Å². The molecule has 2 atom stereocenters. The largest absolute Gasteiger partial charge is 0.385 e. The van der Waals surface area contributed by atoms with Crippen LogP contribution in [0.5, 0.6) is 0 Å². The second-order valence-corrected chi connectivity index (χ2v) is 5.07. The summed E-state index contributed by atoms with van der Waals surface area (Å²) in [5.74, 6) is 0. The van der Waals surface area contributed by atoms with Gasteiger partial charge in [-0.3, -0.25) is 10.1 Å². The molecular formula is C12H14N4O5. The van der Waals surface area contributed by atoms with Crippen molar-refractivity contribution in [2.24, 2.45) is 0 Å². The maximum atomic E-state index is 10.9. The summed E-state index contributed by atoms with van der Waals surface area (Å²) in [4.78, 5) is 10.4. The molecule has 0 bridgehead atoms. The molecule has 0 amide bonds. The number of rotatable bonds is 4. The normalized spacial score (nSPS) is 25.3. The number of benzene rings is 1. The van der Waals surface area contributed by atoms with Crippen LogP contribution in [0.25, 0.3) is 11.0 Å². The van der Waals surface area contributed by atoms with Crippen molar-refractivity contribution in [3.8, 4) is 0 Å². The first-order chi connectivity index (χ1) is 10.0. The fraction of sp³-hybridized carbons (Fsp3) is 0.500. The molecule has 9 heteroatoms. The van der Waals surface area contributed by atoms with E-state index in [2.05, 4.69) is 20.3 Å². The van der Waals surface area contributed by atoms with Gasteiger partial charge in [0.05, 0.1) is 16.7 Å². The zero-order chi connectivity index (χ0) is 15.0. The minimum Gasteiger partial charge on any atom is -0.385 e. The quantitative estimate of drug-likeness (QED) is 0.634. The van der Waals surface area contributed by atoms with Gasteiger partial charge in [0, 0.05) is 25.6 Å². The van der Waals surface area contributed by atoms with Crippen molar-refractivity contribution in [1.29, 1.82) is 0 Å². The van der Waals surface area contributed by atoms with Gasteiger partial charge in [-0.25, -0.2) is 4.63 Å². The van der Waals surface area contributed by atoms with E-state index in [1.807, 2.05) is 0 Å². The minimum absolute atomic E-state index is 0.0766. The van der Waals surface area contributed by atoms with Crippen molar-refractivity contribution in [2.75, 3.05) is 18.5 Å². The number of fused-ring (bicyclic) bond motifs is 1. The molecule has 112 valence electrons. The van der Waals surface area contributed by atoms with Crippen LogP contribution in [0.15, 0.2) is 16.8 Å². The van der Waals surface area contributed by atoms with E-state index in [0.717, 1.165) is 0 Å². The van der Waals surface area contributed by atoms with Crippen LogP contribution >= 0.6 is 0 Å². The van der Waals surface area contributed by atoms with E-state index in [9.17, 15) is 15.2 Å². The Balaban J connectivity index is 1.87. The van der Waals surface area contributed by atoms with Gasteiger partial charge in [0.2, 0.25) is 5.52 Å². The van der Waals surface area contributed by atoms with Crippen LogP contribution in [0.2, 0.25) is 0 Å². The van der Waals surface area contributed by atoms with Gasteiger partial charge in [-0.05, 0) is 23.3 Å². The van der Waals surface area contributed by atoms with Crippen molar-refractivity contribution in [3.63, 3.8) is 0 Å². The van der Waals surface area contributed by atoms with Crippen LogP contribution in [-0.2, 0) is 4.74 Å². The lowest BCUT2D eigenvalue weighted by Crippen LogP contribution is -2.43. The molecule has 1 aliphatic rings. The summed E-state index contributed by atoms with van der Waals surface area (Å²) in [7, 11) is 0. The standard InChI is InChI=1S/C12H14N4O5/c1-7-12(17,4-5-20-7)6-13-8-2-3-9(16(18)19)11-10(8)14-21-15-11/h2-3,7,13,17H,4-6H2,1H3. The summed E-state index contributed by atoms with van der Waals surface area (Å²) >= 11 is 0. The number of aromatic nitrogens is 2. The Hall–Kier alpha value is -2.26. The van der Waals surface area contributed by atoms with Gasteiger partial charge < -0.3 is 15.2 Å². The summed E-state index contributed by atoms with van der Waals surface area (Å²) in [5, 5.41) is 31.6. The predicted octanol–water partition coefficient (Wildman–Crippen LogP) is 1.08. The van der Waals surface area contributed by atoms with Crippen LogP contribution < -0.4 is 5.32 Å². The molecular weight excluding hydrogens is 280 g/mol. The molecule has 1 aromatic heterocycles. The van der Waals surface area contributed by atoms with Crippen LogP contribution in [0.4, 0.5) is 11.4 Å². The zero-order valence-corrected chi connectivity index (χ0v) is 11.3. The summed E-state index contributed by atoms with van der Waals surface area (Å²) < 4.78 is 9.94. The van der Waals surface area contributed by atoms with Gasteiger partial charge in [-0.2, -0.15) is 0 Å². The third kappa shape index (κ3) is 2.30. The molecule has 1 aromatic carbocycles. The lowest BCUT2D eigenvalue weighted by Gasteiger charge is -2.26. The molecule has 0 saturated carbocycles. The molecule has 1 fully saturated rings. The van der Waals surface area contributed by atoms with E-state index in [4.69, 9.17) is 4.74 Å². The first-order valence-electron chi connectivity index (χ1n) is 6.49. The highest BCUT2D eigenvalue weighted by Crippen LogP contribution is 2.31. The smallest absolute Gasteiger partial charge is 0.300 e. The number of ether oxygens (including phenoxy) is 1. The average Bonchev–Trinajstić information content (AvgIpc) is 3.04. The van der Waals surface area contributed by atoms with Gasteiger partial charge in [0.25, 0.3) is 0 Å². The SMILES string of the molecule is CC1OCCC1(O)CNc1ccc([N+](=O)[O-])c2nonc12. The Bertz CT molecular complexity index is 687. The third-order valence-corrected chi connectivity index (χ3v) is 3.84. The van der Waals surface area contributed by atoms with E-state index in [1.54, 1.807) is 6.92 Å². The van der Waals surface area contributed by atoms with E-state index in [-0.39, 0.29) is 29.4 Å². The van der Waals surface area contributed by atoms with E-state index in [1.165, 1.54) is 12.1 Å². The molecule has 2 aromatic rings. The number of nitro benzene ring substituents is 1. The number of non-ortho nitro benzene ring substituents is 1. The van der Waals surface area contributed by atoms with Gasteiger partial charge in [0.15, 0.2) is 5.52 Å². The van der Waals surface area contributed by atoms with Gasteiger partial charge in [-0.15, -0.1) is 0 Å². The molecule has 0 aliphatic carbocycles. The second kappa shape index (κ2) is 4.93. The second-order valence-electron chi connectivity index (χ2n) is 5.07. The lowest BCUT2D eigenvalue weighted by atomic mass is 9.96. The molecule has 2 heterocycles. The molecule has 9 nitrogen and oxygen atoms in total. The van der Waals surface area contributed by atoms with Crippen molar-refractivity contribution >= 4 is 22.4 Å². The number of hydrogen-bond acceptors (Lipinski definition) is 8. The highest BCUT2D eigenvalue weighted by atomic mass is 16.6. The molecule has 2 N–H and O–H groups in total. The Morgan fingerprint density at radius 1 is 1.52 bits per heavy atom. The Kier molecular flexibility index (Phi) is 3.22. The van der Waals surface area contributed by atoms with Crippen LogP contribution in [0.1, 0.15) is 13.3 Å². The first-order valence-corrected chi connectivity index (χ1v) is 6.49. The van der Waals surface area contributed by atoms with E-state index >= 15 is 0 Å². The highest BCUT2D eigenvalue weighted by molar-refractivity contribution is 5.93. The Morgan fingerprint density at radius 3 is 2.95 bits per heavy atom. The topological polar surface area (TPSA) is 124 Å². The van der Waals surface area contributed by atoms with Crippen molar-refractivity contribution in [3.05, 3.63) is 22.2 Å². The summed E-state index contributed by atoms with van der Waals surface area (Å²) in [5.41, 5.74) is -0.296. The van der Waals surface area contributed by atoms with Crippen LogP contribution in [0.3, 0.4) is 0 Å². The molecule has 21 heavy (non-hydrogen) atoms. The predicted molar refractivity (Wildman–Crippen MR) is 71.9 cm³/mol. The average molecular weight is 294 g/mol. The Morgan fingerprint density at radius 2 is 2.29 bits per heavy atom. The number of nitrogens with zero attached hydrogens (tertiary/aromatic N) is 3.